The fourth-order valence-electron chi connectivity index (χ4n) is 2.18. The Hall–Kier alpha value is -1.85. The van der Waals surface area contributed by atoms with Crippen LogP contribution in [0.4, 0.5) is 11.8 Å². The Morgan fingerprint density at radius 1 is 1.47 bits per heavy atom. The number of rotatable bonds is 3. The van der Waals surface area contributed by atoms with Gasteiger partial charge in [-0.15, -0.1) is 0 Å². The zero-order chi connectivity index (χ0) is 12.4. The van der Waals surface area contributed by atoms with E-state index in [1.807, 2.05) is 0 Å². The molecule has 6 heteroatoms. The molecule has 1 amide bonds. The molecule has 4 N–H and O–H groups in total. The van der Waals surface area contributed by atoms with Crippen LogP contribution in [-0.2, 0) is 4.79 Å². The van der Waals surface area contributed by atoms with Gasteiger partial charge < -0.3 is 11.1 Å². The Balaban J connectivity index is 2.41. The zero-order valence-electron chi connectivity index (χ0n) is 9.75. The number of nitrogen functional groups attached to an aromatic ring is 1. The molecule has 2 rings (SSSR count). The summed E-state index contributed by atoms with van der Waals surface area (Å²) in [6.07, 6.45) is 3.20. The summed E-state index contributed by atoms with van der Waals surface area (Å²) in [5, 5.41) is 2.60. The first-order valence-electron chi connectivity index (χ1n) is 5.81. The second-order valence-corrected chi connectivity index (χ2v) is 4.30. The maximum Gasteiger partial charge on any atom is 0.257 e. The van der Waals surface area contributed by atoms with Crippen LogP contribution in [0.25, 0.3) is 0 Å². The number of anilines is 2. The van der Waals surface area contributed by atoms with Gasteiger partial charge >= 0.3 is 0 Å². The molecule has 0 radical (unpaired) electrons. The van der Waals surface area contributed by atoms with E-state index in [1.54, 1.807) is 0 Å². The van der Waals surface area contributed by atoms with Crippen LogP contribution in [0, 0.1) is 0 Å². The Morgan fingerprint density at radius 3 is 2.94 bits per heavy atom. The summed E-state index contributed by atoms with van der Waals surface area (Å²) in [7, 11) is 0. The Morgan fingerprint density at radius 2 is 2.24 bits per heavy atom. The highest BCUT2D eigenvalue weighted by atomic mass is 16.2. The number of amides is 1. The van der Waals surface area contributed by atoms with Gasteiger partial charge in [0.15, 0.2) is 0 Å². The summed E-state index contributed by atoms with van der Waals surface area (Å²) in [5.41, 5.74) is 5.78. The van der Waals surface area contributed by atoms with Gasteiger partial charge in [-0.3, -0.25) is 14.6 Å². The van der Waals surface area contributed by atoms with Crippen molar-refractivity contribution in [2.24, 2.45) is 0 Å². The third-order valence-electron chi connectivity index (χ3n) is 2.98. The van der Waals surface area contributed by atoms with Crippen LogP contribution >= 0.6 is 0 Å². The number of hydrogen-bond donors (Lipinski definition) is 3. The number of carbonyl (C=O) groups excluding carboxylic acids is 1. The predicted octanol–water partition coefficient (Wildman–Crippen LogP) is 0.968. The van der Waals surface area contributed by atoms with Crippen molar-refractivity contribution < 1.29 is 4.79 Å². The molecule has 1 aromatic heterocycles. The van der Waals surface area contributed by atoms with Crippen molar-refractivity contribution in [3.8, 4) is 0 Å². The number of aromatic nitrogens is 2. The van der Waals surface area contributed by atoms with Gasteiger partial charge in [0.25, 0.3) is 5.56 Å². The topological polar surface area (TPSA) is 101 Å². The molecular weight excluding hydrogens is 220 g/mol. The predicted molar refractivity (Wildman–Crippen MR) is 64.8 cm³/mol. The lowest BCUT2D eigenvalue weighted by Crippen LogP contribution is -2.31. The second-order valence-electron chi connectivity index (χ2n) is 4.30. The Kier molecular flexibility index (Phi) is 3.12. The van der Waals surface area contributed by atoms with Crippen molar-refractivity contribution in [3.05, 3.63) is 15.9 Å². The van der Waals surface area contributed by atoms with E-state index in [9.17, 15) is 9.59 Å². The summed E-state index contributed by atoms with van der Waals surface area (Å²) in [5.74, 6) is 0.209. The molecule has 17 heavy (non-hydrogen) atoms. The van der Waals surface area contributed by atoms with Crippen LogP contribution in [0.3, 0.4) is 0 Å². The first kappa shape index (κ1) is 11.6. The average molecular weight is 236 g/mol. The van der Waals surface area contributed by atoms with Crippen LogP contribution in [0.15, 0.2) is 4.79 Å². The van der Waals surface area contributed by atoms with Gasteiger partial charge in [0.05, 0.1) is 5.56 Å². The summed E-state index contributed by atoms with van der Waals surface area (Å²) in [6.45, 7) is 2.08. The van der Waals surface area contributed by atoms with Crippen molar-refractivity contribution >= 4 is 17.7 Å². The van der Waals surface area contributed by atoms with Crippen LogP contribution in [-0.4, -0.2) is 15.9 Å². The normalized spacial score (nSPS) is 18.6. The molecule has 1 aliphatic heterocycles. The number of hydrogen-bond acceptors (Lipinski definition) is 4. The van der Waals surface area contributed by atoms with Crippen LogP contribution in [0.2, 0.25) is 0 Å². The Bertz CT molecular complexity index is 495. The number of unbranched alkanes of at least 4 members (excludes halogenated alkanes) is 1. The van der Waals surface area contributed by atoms with E-state index in [2.05, 4.69) is 22.2 Å². The molecule has 6 nitrogen and oxygen atoms in total. The second kappa shape index (κ2) is 4.57. The molecule has 1 atom stereocenters. The standard InChI is InChI=1S/C11H16N4O2/c1-2-3-4-6-5-7(16)13-9-8(6)10(17)15-11(12)14-9/h6H,2-5H2,1H3,(H4,12,13,14,15,16,17). The first-order valence-corrected chi connectivity index (χ1v) is 5.81. The van der Waals surface area contributed by atoms with E-state index in [0.29, 0.717) is 17.8 Å². The van der Waals surface area contributed by atoms with E-state index in [1.165, 1.54) is 0 Å². The lowest BCUT2D eigenvalue weighted by molar-refractivity contribution is -0.116. The molecule has 1 aromatic rings. The van der Waals surface area contributed by atoms with Crippen molar-refractivity contribution in [1.29, 1.82) is 0 Å². The number of carbonyl (C=O) groups is 1. The summed E-state index contributed by atoms with van der Waals surface area (Å²) in [4.78, 5) is 29.8. The molecule has 2 heterocycles. The van der Waals surface area contributed by atoms with E-state index in [0.717, 1.165) is 19.3 Å². The average Bonchev–Trinajstić information content (AvgIpc) is 2.24. The molecule has 0 bridgehead atoms. The number of nitrogens with one attached hydrogen (secondary N) is 2. The molecule has 0 aliphatic carbocycles. The van der Waals surface area contributed by atoms with Gasteiger partial charge in [-0.25, -0.2) is 0 Å². The number of fused-ring (bicyclic) bond motifs is 1. The van der Waals surface area contributed by atoms with Crippen molar-refractivity contribution in [1.82, 2.24) is 9.97 Å². The lowest BCUT2D eigenvalue weighted by Gasteiger charge is -2.23. The van der Waals surface area contributed by atoms with E-state index in [-0.39, 0.29) is 23.3 Å². The van der Waals surface area contributed by atoms with Gasteiger partial charge in [0, 0.05) is 12.3 Å². The van der Waals surface area contributed by atoms with Crippen LogP contribution in [0.5, 0.6) is 0 Å². The molecule has 0 saturated heterocycles. The van der Waals surface area contributed by atoms with E-state index in [4.69, 9.17) is 5.73 Å². The number of nitrogens with two attached hydrogens (primary N) is 1. The fourth-order valence-corrected chi connectivity index (χ4v) is 2.18. The highest BCUT2D eigenvalue weighted by molar-refractivity contribution is 5.93. The summed E-state index contributed by atoms with van der Waals surface area (Å²) >= 11 is 0. The van der Waals surface area contributed by atoms with Gasteiger partial charge in [0.2, 0.25) is 11.9 Å². The fraction of sp³-hybridized carbons (Fsp3) is 0.545. The molecule has 1 unspecified atom stereocenters. The molecule has 0 aromatic carbocycles. The smallest absolute Gasteiger partial charge is 0.257 e. The third-order valence-corrected chi connectivity index (χ3v) is 2.98. The van der Waals surface area contributed by atoms with Gasteiger partial charge in [-0.2, -0.15) is 4.98 Å². The van der Waals surface area contributed by atoms with Crippen molar-refractivity contribution in [3.63, 3.8) is 0 Å². The van der Waals surface area contributed by atoms with Crippen LogP contribution < -0.4 is 16.6 Å². The minimum atomic E-state index is -0.242. The van der Waals surface area contributed by atoms with E-state index >= 15 is 0 Å². The van der Waals surface area contributed by atoms with Crippen LogP contribution in [0.1, 0.15) is 44.1 Å². The zero-order valence-corrected chi connectivity index (χ0v) is 9.75. The number of H-pyrrole nitrogens is 1. The first-order chi connectivity index (χ1) is 8.11. The molecule has 92 valence electrons. The third kappa shape index (κ3) is 2.30. The molecule has 1 aliphatic rings. The van der Waals surface area contributed by atoms with Crippen molar-refractivity contribution in [2.75, 3.05) is 11.1 Å². The Labute approximate surface area is 98.6 Å². The number of nitrogens with zero attached hydrogens (tertiary/aromatic N) is 1. The molecule has 0 fully saturated rings. The minimum Gasteiger partial charge on any atom is -0.369 e. The largest absolute Gasteiger partial charge is 0.369 e. The molecule has 0 spiro atoms. The highest BCUT2D eigenvalue weighted by Gasteiger charge is 2.28. The quantitative estimate of drug-likeness (QED) is 0.727. The highest BCUT2D eigenvalue weighted by Crippen LogP contribution is 2.31. The van der Waals surface area contributed by atoms with E-state index < -0.39 is 0 Å². The van der Waals surface area contributed by atoms with Gasteiger partial charge in [-0.1, -0.05) is 19.8 Å². The maximum atomic E-state index is 11.8. The summed E-state index contributed by atoms with van der Waals surface area (Å²) < 4.78 is 0. The monoisotopic (exact) mass is 236 g/mol. The summed E-state index contributed by atoms with van der Waals surface area (Å²) in [6, 6.07) is 0. The minimum absolute atomic E-state index is 0.0326. The molecular formula is C11H16N4O2. The number of aromatic amines is 1. The lowest BCUT2D eigenvalue weighted by atomic mass is 9.89. The maximum absolute atomic E-state index is 11.8. The SMILES string of the molecule is CCCCC1CC(=O)Nc2nc(N)[nH]c(=O)c21. The molecule has 0 saturated carbocycles. The van der Waals surface area contributed by atoms with Crippen molar-refractivity contribution in [2.45, 2.75) is 38.5 Å². The van der Waals surface area contributed by atoms with Gasteiger partial charge in [0.1, 0.15) is 5.82 Å². The van der Waals surface area contributed by atoms with Gasteiger partial charge in [-0.05, 0) is 6.42 Å².